The molecule has 7 nitrogen and oxygen atoms in total. The molecule has 0 aliphatic carbocycles. The van der Waals surface area contributed by atoms with Gasteiger partial charge in [0.15, 0.2) is 0 Å². The molecule has 0 amide bonds. The van der Waals surface area contributed by atoms with Crippen LogP contribution in [0.2, 0.25) is 0 Å². The smallest absolute Gasteiger partial charge is 0.390 e. The Hall–Kier alpha value is -1.50. The second-order valence-corrected chi connectivity index (χ2v) is 3.53. The van der Waals surface area contributed by atoms with Crippen molar-refractivity contribution >= 4 is 5.95 Å². The molecule has 84 valence electrons. The molecule has 0 unspecified atom stereocenters. The maximum Gasteiger partial charge on any atom is 0.490 e. The predicted octanol–water partition coefficient (Wildman–Crippen LogP) is 0.574. The van der Waals surface area contributed by atoms with Crippen molar-refractivity contribution in [3.8, 4) is 0 Å². The molecule has 0 aliphatic rings. The first kappa shape index (κ1) is 11.6. The Morgan fingerprint density at radius 1 is 1.67 bits per heavy atom. The van der Waals surface area contributed by atoms with Gasteiger partial charge in [0.1, 0.15) is 0 Å². The van der Waals surface area contributed by atoms with Crippen molar-refractivity contribution in [2.75, 3.05) is 6.54 Å². The molecule has 1 heterocycles. The quantitative estimate of drug-likeness (QED) is 0.424. The highest BCUT2D eigenvalue weighted by molar-refractivity contribution is 4.96. The molecule has 1 aromatic heterocycles. The van der Waals surface area contributed by atoms with Crippen LogP contribution >= 0.6 is 0 Å². The van der Waals surface area contributed by atoms with Crippen molar-refractivity contribution < 1.29 is 4.92 Å². The number of nitrogens with zero attached hydrogens (tertiary/aromatic N) is 4. The zero-order valence-corrected chi connectivity index (χ0v) is 8.88. The lowest BCUT2D eigenvalue weighted by molar-refractivity contribution is -0.394. The molecule has 1 aromatic rings. The number of aryl methyl sites for hydroxylation is 1. The largest absolute Gasteiger partial charge is 0.490 e. The maximum atomic E-state index is 10.3. The van der Waals surface area contributed by atoms with Gasteiger partial charge in [0, 0.05) is 11.1 Å². The Labute approximate surface area is 87.7 Å². The van der Waals surface area contributed by atoms with Gasteiger partial charge < -0.3 is 15.4 Å². The third-order valence-electron chi connectivity index (χ3n) is 1.80. The van der Waals surface area contributed by atoms with Gasteiger partial charge >= 0.3 is 5.95 Å². The first-order valence-corrected chi connectivity index (χ1v) is 4.87. The van der Waals surface area contributed by atoms with Gasteiger partial charge in [0.25, 0.3) is 0 Å². The predicted molar refractivity (Wildman–Crippen MR) is 54.4 cm³/mol. The topological polar surface area (TPSA) is 85.9 Å². The van der Waals surface area contributed by atoms with Gasteiger partial charge in [-0.1, -0.05) is 18.8 Å². The van der Waals surface area contributed by atoms with Gasteiger partial charge in [-0.25, -0.2) is 0 Å². The molecule has 7 heteroatoms. The lowest BCUT2D eigenvalue weighted by Crippen LogP contribution is -2.24. The Morgan fingerprint density at radius 2 is 2.40 bits per heavy atom. The lowest BCUT2D eigenvalue weighted by Gasteiger charge is -2.05. The molecule has 0 saturated heterocycles. The average molecular weight is 213 g/mol. The van der Waals surface area contributed by atoms with E-state index in [0.29, 0.717) is 12.6 Å². The van der Waals surface area contributed by atoms with Crippen molar-refractivity contribution in [3.63, 3.8) is 0 Å². The van der Waals surface area contributed by atoms with Crippen LogP contribution < -0.4 is 5.32 Å². The van der Waals surface area contributed by atoms with Gasteiger partial charge in [-0.05, 0) is 17.9 Å². The van der Waals surface area contributed by atoms with Crippen LogP contribution in [-0.2, 0) is 6.54 Å². The fraction of sp³-hybridized carbons (Fsp3) is 0.750. The van der Waals surface area contributed by atoms with E-state index in [4.69, 9.17) is 0 Å². The molecule has 0 bridgehead atoms. The fourth-order valence-electron chi connectivity index (χ4n) is 1.11. The molecular formula is C8H15N5O2. The SMILES string of the molecule is CC(C)NCCCn1cnc([N+](=O)[O-])n1. The van der Waals surface area contributed by atoms with Crippen molar-refractivity contribution in [1.82, 2.24) is 20.1 Å². The van der Waals surface area contributed by atoms with Crippen LogP contribution in [-0.4, -0.2) is 32.3 Å². The van der Waals surface area contributed by atoms with Crippen LogP contribution in [0.1, 0.15) is 20.3 Å². The van der Waals surface area contributed by atoms with Gasteiger partial charge in [-0.15, -0.1) is 0 Å². The molecule has 0 spiro atoms. The second-order valence-electron chi connectivity index (χ2n) is 3.53. The molecule has 0 radical (unpaired) electrons. The maximum absolute atomic E-state index is 10.3. The summed E-state index contributed by atoms with van der Waals surface area (Å²) in [6.07, 6.45) is 2.26. The number of nitro groups is 1. The zero-order chi connectivity index (χ0) is 11.3. The van der Waals surface area contributed by atoms with Crippen LogP contribution in [0.3, 0.4) is 0 Å². The summed E-state index contributed by atoms with van der Waals surface area (Å²) in [6, 6.07) is 0.454. The number of hydrogen-bond acceptors (Lipinski definition) is 5. The van der Waals surface area contributed by atoms with Crippen LogP contribution in [0.4, 0.5) is 5.95 Å². The van der Waals surface area contributed by atoms with E-state index in [-0.39, 0.29) is 5.95 Å². The van der Waals surface area contributed by atoms with E-state index in [1.54, 1.807) is 0 Å². The van der Waals surface area contributed by atoms with Gasteiger partial charge in [-0.2, -0.15) is 4.68 Å². The van der Waals surface area contributed by atoms with E-state index in [1.165, 1.54) is 11.0 Å². The summed E-state index contributed by atoms with van der Waals surface area (Å²) in [7, 11) is 0. The third-order valence-corrected chi connectivity index (χ3v) is 1.80. The molecule has 15 heavy (non-hydrogen) atoms. The minimum absolute atomic E-state index is 0.341. The average Bonchev–Trinajstić information content (AvgIpc) is 2.60. The van der Waals surface area contributed by atoms with Crippen LogP contribution in [0.5, 0.6) is 0 Å². The molecule has 0 aliphatic heterocycles. The Balaban J connectivity index is 2.29. The number of rotatable bonds is 6. The van der Waals surface area contributed by atoms with E-state index >= 15 is 0 Å². The van der Waals surface area contributed by atoms with Gasteiger partial charge in [0.05, 0.1) is 6.54 Å². The number of nitrogens with one attached hydrogen (secondary N) is 1. The fourth-order valence-corrected chi connectivity index (χ4v) is 1.11. The molecular weight excluding hydrogens is 198 g/mol. The summed E-state index contributed by atoms with van der Waals surface area (Å²) >= 11 is 0. The number of hydrogen-bond donors (Lipinski definition) is 1. The normalized spacial score (nSPS) is 10.9. The Kier molecular flexibility index (Phi) is 4.17. The van der Waals surface area contributed by atoms with E-state index in [0.717, 1.165) is 13.0 Å². The highest BCUT2D eigenvalue weighted by Crippen LogP contribution is 1.99. The minimum atomic E-state index is -0.594. The zero-order valence-electron chi connectivity index (χ0n) is 8.88. The summed E-state index contributed by atoms with van der Waals surface area (Å²) < 4.78 is 1.49. The van der Waals surface area contributed by atoms with Crippen molar-refractivity contribution in [3.05, 3.63) is 16.4 Å². The Bertz CT molecular complexity index is 323. The Morgan fingerprint density at radius 3 is 2.93 bits per heavy atom. The van der Waals surface area contributed by atoms with E-state index in [9.17, 15) is 10.1 Å². The monoisotopic (exact) mass is 213 g/mol. The van der Waals surface area contributed by atoms with Crippen molar-refractivity contribution in [1.29, 1.82) is 0 Å². The third kappa shape index (κ3) is 4.03. The van der Waals surface area contributed by atoms with Crippen molar-refractivity contribution in [2.24, 2.45) is 0 Å². The molecule has 0 aromatic carbocycles. The molecule has 1 rings (SSSR count). The van der Waals surface area contributed by atoms with E-state index < -0.39 is 4.92 Å². The van der Waals surface area contributed by atoms with Gasteiger partial charge in [-0.3, -0.25) is 0 Å². The summed E-state index contributed by atoms with van der Waals surface area (Å²) in [5, 5.41) is 17.2. The molecule has 0 atom stereocenters. The van der Waals surface area contributed by atoms with E-state index in [1.807, 2.05) is 0 Å². The molecule has 0 saturated carbocycles. The van der Waals surface area contributed by atoms with Gasteiger partial charge in [0.2, 0.25) is 6.33 Å². The summed E-state index contributed by atoms with van der Waals surface area (Å²) in [6.45, 7) is 5.65. The molecule has 0 fully saturated rings. The first-order valence-electron chi connectivity index (χ1n) is 4.87. The highest BCUT2D eigenvalue weighted by Gasteiger charge is 2.12. The second kappa shape index (κ2) is 5.40. The highest BCUT2D eigenvalue weighted by atomic mass is 16.6. The molecule has 1 N–H and O–H groups in total. The van der Waals surface area contributed by atoms with Crippen LogP contribution in [0, 0.1) is 10.1 Å². The summed E-state index contributed by atoms with van der Waals surface area (Å²) in [4.78, 5) is 13.3. The van der Waals surface area contributed by atoms with Crippen molar-refractivity contribution in [2.45, 2.75) is 32.9 Å². The first-order chi connectivity index (χ1) is 7.09. The minimum Gasteiger partial charge on any atom is -0.390 e. The van der Waals surface area contributed by atoms with E-state index in [2.05, 4.69) is 29.2 Å². The van der Waals surface area contributed by atoms with Crippen LogP contribution in [0.15, 0.2) is 6.33 Å². The summed E-state index contributed by atoms with van der Waals surface area (Å²) in [5.41, 5.74) is 0. The number of aromatic nitrogens is 3. The lowest BCUT2D eigenvalue weighted by atomic mass is 10.3. The van der Waals surface area contributed by atoms with Crippen LogP contribution in [0.25, 0.3) is 0 Å². The summed E-state index contributed by atoms with van der Waals surface area (Å²) in [5.74, 6) is -0.341. The standard InChI is InChI=1S/C8H15N5O2/c1-7(2)9-4-3-5-12-6-10-8(11-12)13(14)15/h6-7,9H,3-5H2,1-2H3.